The summed E-state index contributed by atoms with van der Waals surface area (Å²) in [5.41, 5.74) is 0.684. The Hall–Kier alpha value is -1.03. The molecular weight excluding hydrogens is 294 g/mol. The summed E-state index contributed by atoms with van der Waals surface area (Å²) < 4.78 is 0. The van der Waals surface area contributed by atoms with Crippen molar-refractivity contribution in [2.75, 3.05) is 5.33 Å². The van der Waals surface area contributed by atoms with Crippen molar-refractivity contribution < 1.29 is 9.90 Å². The summed E-state index contributed by atoms with van der Waals surface area (Å²) in [5, 5.41) is 13.6. The number of hydrogen-bond acceptors (Lipinski definition) is 2. The number of hydrogen-bond donors (Lipinski definition) is 2. The summed E-state index contributed by atoms with van der Waals surface area (Å²) in [5.74, 6) is 0.726. The standard InChI is InChI=1S/C14H18BrNO2/c15-9-11-5-3-6-12(11)16-14(18)8-10-4-1-2-7-13(10)17/h1-2,4,7,11-12,17H,3,5-6,8-9H2,(H,16,18). The number of rotatable bonds is 4. The number of nitrogens with one attached hydrogen (secondary N) is 1. The highest BCUT2D eigenvalue weighted by molar-refractivity contribution is 9.09. The number of phenolic OH excluding ortho intramolecular Hbond substituents is 1. The van der Waals surface area contributed by atoms with Gasteiger partial charge < -0.3 is 10.4 Å². The molecule has 2 atom stereocenters. The number of para-hydroxylation sites is 1. The molecule has 1 aromatic carbocycles. The number of aromatic hydroxyl groups is 1. The highest BCUT2D eigenvalue weighted by Gasteiger charge is 2.27. The zero-order valence-corrected chi connectivity index (χ0v) is 11.8. The van der Waals surface area contributed by atoms with Crippen LogP contribution >= 0.6 is 15.9 Å². The topological polar surface area (TPSA) is 49.3 Å². The Morgan fingerprint density at radius 2 is 2.17 bits per heavy atom. The van der Waals surface area contributed by atoms with Crippen LogP contribution in [-0.4, -0.2) is 22.4 Å². The minimum atomic E-state index is -0.00523. The minimum absolute atomic E-state index is 0.00523. The molecule has 2 N–H and O–H groups in total. The predicted octanol–water partition coefficient (Wildman–Crippen LogP) is 2.61. The second-order valence-corrected chi connectivity index (χ2v) is 5.47. The van der Waals surface area contributed by atoms with Crippen molar-refractivity contribution >= 4 is 21.8 Å². The molecule has 1 amide bonds. The lowest BCUT2D eigenvalue weighted by molar-refractivity contribution is -0.121. The molecular formula is C14H18BrNO2. The normalized spacial score (nSPS) is 22.9. The highest BCUT2D eigenvalue weighted by atomic mass is 79.9. The van der Waals surface area contributed by atoms with Gasteiger partial charge in [-0.05, 0) is 24.8 Å². The van der Waals surface area contributed by atoms with Crippen LogP contribution in [0.2, 0.25) is 0 Å². The fraction of sp³-hybridized carbons (Fsp3) is 0.500. The number of carbonyl (C=O) groups is 1. The Labute approximate surface area is 116 Å². The predicted molar refractivity (Wildman–Crippen MR) is 74.9 cm³/mol. The molecule has 1 aliphatic carbocycles. The lowest BCUT2D eigenvalue weighted by atomic mass is 10.1. The van der Waals surface area contributed by atoms with Gasteiger partial charge in [0.25, 0.3) is 0 Å². The van der Waals surface area contributed by atoms with Gasteiger partial charge in [0.1, 0.15) is 5.75 Å². The number of alkyl halides is 1. The molecule has 1 fully saturated rings. The third-order valence-electron chi connectivity index (χ3n) is 3.55. The Balaban J connectivity index is 1.91. The van der Waals surface area contributed by atoms with Crippen molar-refractivity contribution in [1.82, 2.24) is 5.32 Å². The van der Waals surface area contributed by atoms with Crippen molar-refractivity contribution in [3.8, 4) is 5.75 Å². The third-order valence-corrected chi connectivity index (χ3v) is 4.38. The molecule has 0 aromatic heterocycles. The number of benzene rings is 1. The van der Waals surface area contributed by atoms with E-state index in [1.165, 1.54) is 12.8 Å². The quantitative estimate of drug-likeness (QED) is 0.840. The molecule has 0 bridgehead atoms. The van der Waals surface area contributed by atoms with Gasteiger partial charge in [-0.1, -0.05) is 40.5 Å². The minimum Gasteiger partial charge on any atom is -0.508 e. The smallest absolute Gasteiger partial charge is 0.224 e. The van der Waals surface area contributed by atoms with Gasteiger partial charge in [-0.25, -0.2) is 0 Å². The number of carbonyl (C=O) groups excluding carboxylic acids is 1. The van der Waals surface area contributed by atoms with Crippen molar-refractivity contribution in [1.29, 1.82) is 0 Å². The highest BCUT2D eigenvalue weighted by Crippen LogP contribution is 2.27. The molecule has 4 heteroatoms. The maximum atomic E-state index is 11.9. The van der Waals surface area contributed by atoms with Crippen molar-refractivity contribution in [3.05, 3.63) is 29.8 Å². The first-order valence-corrected chi connectivity index (χ1v) is 7.45. The Morgan fingerprint density at radius 3 is 2.89 bits per heavy atom. The maximum absolute atomic E-state index is 11.9. The molecule has 1 aromatic rings. The van der Waals surface area contributed by atoms with E-state index in [1.54, 1.807) is 18.2 Å². The first kappa shape index (κ1) is 13.4. The summed E-state index contributed by atoms with van der Waals surface area (Å²) in [6, 6.07) is 7.27. The van der Waals surface area contributed by atoms with E-state index in [-0.39, 0.29) is 24.1 Å². The summed E-state index contributed by atoms with van der Waals surface area (Å²) in [4.78, 5) is 11.9. The molecule has 0 saturated heterocycles. The van der Waals surface area contributed by atoms with Gasteiger partial charge >= 0.3 is 0 Å². The third kappa shape index (κ3) is 3.25. The molecule has 0 radical (unpaired) electrons. The zero-order chi connectivity index (χ0) is 13.0. The van der Waals surface area contributed by atoms with Gasteiger partial charge in [0.2, 0.25) is 5.91 Å². The van der Waals surface area contributed by atoms with Gasteiger partial charge in [0.15, 0.2) is 0 Å². The van der Waals surface area contributed by atoms with Crippen LogP contribution in [0.1, 0.15) is 24.8 Å². The van der Waals surface area contributed by atoms with Gasteiger partial charge in [-0.3, -0.25) is 4.79 Å². The molecule has 0 spiro atoms. The van der Waals surface area contributed by atoms with Crippen LogP contribution in [0, 0.1) is 5.92 Å². The number of phenols is 1. The van der Waals surface area contributed by atoms with E-state index in [0.717, 1.165) is 11.8 Å². The second kappa shape index (κ2) is 6.23. The van der Waals surface area contributed by atoms with Crippen molar-refractivity contribution in [3.63, 3.8) is 0 Å². The lowest BCUT2D eigenvalue weighted by Crippen LogP contribution is -2.38. The molecule has 18 heavy (non-hydrogen) atoms. The van der Waals surface area contributed by atoms with E-state index in [0.29, 0.717) is 11.5 Å². The van der Waals surface area contributed by atoms with E-state index in [4.69, 9.17) is 0 Å². The van der Waals surface area contributed by atoms with Gasteiger partial charge in [0, 0.05) is 16.9 Å². The van der Waals surface area contributed by atoms with E-state index in [1.807, 2.05) is 6.07 Å². The summed E-state index contributed by atoms with van der Waals surface area (Å²) in [6.07, 6.45) is 3.66. The van der Waals surface area contributed by atoms with E-state index in [9.17, 15) is 9.90 Å². The Kier molecular flexibility index (Phi) is 4.64. The van der Waals surface area contributed by atoms with Gasteiger partial charge in [-0.2, -0.15) is 0 Å². The molecule has 3 nitrogen and oxygen atoms in total. The molecule has 0 aliphatic heterocycles. The SMILES string of the molecule is O=C(Cc1ccccc1O)NC1CCCC1CBr. The number of amides is 1. The zero-order valence-electron chi connectivity index (χ0n) is 10.2. The maximum Gasteiger partial charge on any atom is 0.224 e. The fourth-order valence-corrected chi connectivity index (χ4v) is 3.28. The molecule has 1 saturated carbocycles. The van der Waals surface area contributed by atoms with Crippen LogP contribution in [-0.2, 0) is 11.2 Å². The van der Waals surface area contributed by atoms with Crippen LogP contribution in [0.5, 0.6) is 5.75 Å². The average molecular weight is 312 g/mol. The molecule has 2 unspecified atom stereocenters. The van der Waals surface area contributed by atoms with Crippen molar-refractivity contribution in [2.45, 2.75) is 31.7 Å². The lowest BCUT2D eigenvalue weighted by Gasteiger charge is -2.19. The molecule has 0 heterocycles. The molecule has 2 rings (SSSR count). The fourth-order valence-electron chi connectivity index (χ4n) is 2.50. The van der Waals surface area contributed by atoms with Crippen LogP contribution < -0.4 is 5.32 Å². The largest absolute Gasteiger partial charge is 0.508 e. The van der Waals surface area contributed by atoms with E-state index < -0.39 is 0 Å². The van der Waals surface area contributed by atoms with Crippen LogP contribution in [0.15, 0.2) is 24.3 Å². The van der Waals surface area contributed by atoms with Crippen LogP contribution in [0.4, 0.5) is 0 Å². The molecule has 1 aliphatic rings. The first-order valence-electron chi connectivity index (χ1n) is 6.33. The van der Waals surface area contributed by atoms with E-state index in [2.05, 4.69) is 21.2 Å². The van der Waals surface area contributed by atoms with Crippen LogP contribution in [0.3, 0.4) is 0 Å². The summed E-state index contributed by atoms with van der Waals surface area (Å²) >= 11 is 3.49. The number of halogens is 1. The van der Waals surface area contributed by atoms with Gasteiger partial charge in [-0.15, -0.1) is 0 Å². The monoisotopic (exact) mass is 311 g/mol. The summed E-state index contributed by atoms with van der Waals surface area (Å²) in [7, 11) is 0. The van der Waals surface area contributed by atoms with Crippen LogP contribution in [0.25, 0.3) is 0 Å². The summed E-state index contributed by atoms with van der Waals surface area (Å²) in [6.45, 7) is 0. The molecule has 98 valence electrons. The average Bonchev–Trinajstić information content (AvgIpc) is 2.79. The second-order valence-electron chi connectivity index (χ2n) is 4.82. The van der Waals surface area contributed by atoms with Gasteiger partial charge in [0.05, 0.1) is 6.42 Å². The Bertz CT molecular complexity index is 422. The Morgan fingerprint density at radius 1 is 1.39 bits per heavy atom. The van der Waals surface area contributed by atoms with E-state index >= 15 is 0 Å². The van der Waals surface area contributed by atoms with Crippen molar-refractivity contribution in [2.24, 2.45) is 5.92 Å². The first-order chi connectivity index (χ1) is 8.70.